The minimum Gasteiger partial charge on any atom is -0.307 e. The quantitative estimate of drug-likeness (QED) is 0.414. The van der Waals surface area contributed by atoms with Crippen molar-refractivity contribution >= 4 is 44.9 Å². The van der Waals surface area contributed by atoms with Crippen molar-refractivity contribution in [1.29, 1.82) is 0 Å². The summed E-state index contributed by atoms with van der Waals surface area (Å²) in [6.45, 7) is 5.92. The van der Waals surface area contributed by atoms with Crippen LogP contribution in [0.15, 0.2) is 60.1 Å². The van der Waals surface area contributed by atoms with E-state index in [0.717, 1.165) is 27.0 Å². The Labute approximate surface area is 173 Å². The van der Waals surface area contributed by atoms with Crippen LogP contribution in [0.1, 0.15) is 29.9 Å². The number of thiazole rings is 1. The Bertz CT molecular complexity index is 1120. The molecule has 2 aromatic heterocycles. The van der Waals surface area contributed by atoms with Crippen molar-refractivity contribution in [3.63, 3.8) is 0 Å². The maximum atomic E-state index is 12.4. The molecule has 4 nitrogen and oxygen atoms in total. The molecule has 0 aliphatic carbocycles. The largest absolute Gasteiger partial charge is 0.307 e. The Kier molecular flexibility index (Phi) is 6.39. The molecule has 0 fully saturated rings. The van der Waals surface area contributed by atoms with Gasteiger partial charge in [0.2, 0.25) is 0 Å². The Morgan fingerprint density at radius 1 is 1.07 bits per heavy atom. The third-order valence-corrected chi connectivity index (χ3v) is 5.23. The molecule has 6 heteroatoms. The monoisotopic (exact) mass is 409 g/mol. The average molecular weight is 410 g/mol. The van der Waals surface area contributed by atoms with Crippen LogP contribution in [0, 0.1) is 6.92 Å². The summed E-state index contributed by atoms with van der Waals surface area (Å²) in [4.78, 5) is 21.3. The number of halogens is 1. The molecule has 0 saturated heterocycles. The van der Waals surface area contributed by atoms with E-state index in [2.05, 4.69) is 33.5 Å². The summed E-state index contributed by atoms with van der Waals surface area (Å²) in [6, 6.07) is 16.9. The Balaban J connectivity index is 0.00000109. The summed E-state index contributed by atoms with van der Waals surface area (Å²) in [5, 5.41) is 3.21. The van der Waals surface area contributed by atoms with Gasteiger partial charge in [-0.1, -0.05) is 43.6 Å². The highest BCUT2D eigenvalue weighted by Gasteiger charge is 2.12. The molecule has 142 valence electrons. The molecule has 0 unspecified atom stereocenters. The number of pyridine rings is 1. The maximum absolute atomic E-state index is 12.4. The zero-order valence-corrected chi connectivity index (χ0v) is 17.4. The lowest BCUT2D eigenvalue weighted by Gasteiger charge is -2.10. The Morgan fingerprint density at radius 2 is 1.86 bits per heavy atom. The first-order valence-electron chi connectivity index (χ1n) is 8.99. The molecular formula is C22H20ClN3OS. The number of aryl methyl sites for hydroxylation is 1. The van der Waals surface area contributed by atoms with Crippen LogP contribution < -0.4 is 5.32 Å². The second kappa shape index (κ2) is 8.95. The van der Waals surface area contributed by atoms with Crippen molar-refractivity contribution in [2.45, 2.75) is 20.8 Å². The Morgan fingerprint density at radius 3 is 2.61 bits per heavy atom. The number of hydrogen-bond acceptors (Lipinski definition) is 4. The standard InChI is InChI=1S/C20H14ClN3OS.C2H6/c1-12-14(13-6-8-18-17(10-13)22-11-26-18)7-9-19(23-12)24-20(25)15-4-2-3-5-16(15)21;1-2/h2-11H,1H3,(H,23,24,25);1-2H3. The topological polar surface area (TPSA) is 54.9 Å². The molecule has 0 aliphatic heterocycles. The molecule has 0 atom stereocenters. The van der Waals surface area contributed by atoms with Crippen LogP contribution in [0.2, 0.25) is 5.02 Å². The number of fused-ring (bicyclic) bond motifs is 1. The van der Waals surface area contributed by atoms with E-state index < -0.39 is 0 Å². The SMILES string of the molecule is CC.Cc1nc(NC(=O)c2ccccc2Cl)ccc1-c1ccc2scnc2c1. The first-order chi connectivity index (χ1) is 13.6. The molecule has 28 heavy (non-hydrogen) atoms. The molecule has 4 rings (SSSR count). The second-order valence-corrected chi connectivity index (χ2v) is 7.09. The van der Waals surface area contributed by atoms with Crippen LogP contribution in [-0.4, -0.2) is 15.9 Å². The maximum Gasteiger partial charge on any atom is 0.258 e. The lowest BCUT2D eigenvalue weighted by Crippen LogP contribution is -2.13. The molecule has 0 saturated carbocycles. The van der Waals surface area contributed by atoms with Gasteiger partial charge < -0.3 is 5.32 Å². The van der Waals surface area contributed by atoms with E-state index in [1.165, 1.54) is 0 Å². The highest BCUT2D eigenvalue weighted by molar-refractivity contribution is 7.16. The molecular weight excluding hydrogens is 390 g/mol. The van der Waals surface area contributed by atoms with Crippen molar-refractivity contribution in [3.05, 3.63) is 76.4 Å². The van der Waals surface area contributed by atoms with Gasteiger partial charge in [-0.3, -0.25) is 4.79 Å². The van der Waals surface area contributed by atoms with Crippen molar-refractivity contribution in [2.24, 2.45) is 0 Å². The van der Waals surface area contributed by atoms with Crippen molar-refractivity contribution in [1.82, 2.24) is 9.97 Å². The van der Waals surface area contributed by atoms with Crippen molar-refractivity contribution in [3.8, 4) is 11.1 Å². The number of carbonyl (C=O) groups is 1. The number of hydrogen-bond donors (Lipinski definition) is 1. The Hall–Kier alpha value is -2.76. The van der Waals surface area contributed by atoms with E-state index in [9.17, 15) is 4.79 Å². The molecule has 1 N–H and O–H groups in total. The predicted octanol–water partition coefficient (Wildman–Crippen LogP) is 6.60. The summed E-state index contributed by atoms with van der Waals surface area (Å²) in [7, 11) is 0. The lowest BCUT2D eigenvalue weighted by molar-refractivity contribution is 0.102. The van der Waals surface area contributed by atoms with Gasteiger partial charge in [-0.05, 0) is 48.9 Å². The highest BCUT2D eigenvalue weighted by Crippen LogP contribution is 2.28. The first-order valence-corrected chi connectivity index (χ1v) is 10.2. The van der Waals surface area contributed by atoms with Gasteiger partial charge in [-0.25, -0.2) is 9.97 Å². The van der Waals surface area contributed by atoms with Gasteiger partial charge >= 0.3 is 0 Å². The van der Waals surface area contributed by atoms with Gasteiger partial charge in [-0.15, -0.1) is 11.3 Å². The van der Waals surface area contributed by atoms with Gasteiger partial charge in [0, 0.05) is 11.3 Å². The van der Waals surface area contributed by atoms with Crippen molar-refractivity contribution in [2.75, 3.05) is 5.32 Å². The summed E-state index contributed by atoms with van der Waals surface area (Å²) < 4.78 is 1.16. The zero-order chi connectivity index (χ0) is 20.1. The third-order valence-electron chi connectivity index (χ3n) is 4.09. The van der Waals surface area contributed by atoms with E-state index in [1.807, 2.05) is 32.3 Å². The summed E-state index contributed by atoms with van der Waals surface area (Å²) in [5.74, 6) is 0.213. The number of carbonyl (C=O) groups excluding carboxylic acids is 1. The molecule has 4 aromatic rings. The number of rotatable bonds is 3. The second-order valence-electron chi connectivity index (χ2n) is 5.80. The molecule has 0 radical (unpaired) electrons. The molecule has 0 spiro atoms. The number of anilines is 1. The predicted molar refractivity (Wildman–Crippen MR) is 118 cm³/mol. The van der Waals surface area contributed by atoms with E-state index in [1.54, 1.807) is 41.7 Å². The zero-order valence-electron chi connectivity index (χ0n) is 15.9. The first kappa shape index (κ1) is 20.0. The normalized spacial score (nSPS) is 10.3. The van der Waals surface area contributed by atoms with Gasteiger partial charge in [0.1, 0.15) is 5.82 Å². The number of nitrogens with one attached hydrogen (secondary N) is 1. The molecule has 0 aliphatic rings. The summed E-state index contributed by atoms with van der Waals surface area (Å²) >= 11 is 7.69. The lowest BCUT2D eigenvalue weighted by atomic mass is 10.0. The number of amides is 1. The smallest absolute Gasteiger partial charge is 0.258 e. The summed E-state index contributed by atoms with van der Waals surface area (Å²) in [6.07, 6.45) is 0. The van der Waals surface area contributed by atoms with E-state index >= 15 is 0 Å². The van der Waals surface area contributed by atoms with E-state index in [4.69, 9.17) is 11.6 Å². The fourth-order valence-electron chi connectivity index (χ4n) is 2.79. The molecule has 2 aromatic carbocycles. The third kappa shape index (κ3) is 4.21. The van der Waals surface area contributed by atoms with Crippen LogP contribution >= 0.6 is 22.9 Å². The molecule has 2 heterocycles. The molecule has 0 bridgehead atoms. The van der Waals surface area contributed by atoms with E-state index in [-0.39, 0.29) is 5.91 Å². The molecule has 1 amide bonds. The van der Waals surface area contributed by atoms with Gasteiger partial charge in [0.05, 0.1) is 26.3 Å². The van der Waals surface area contributed by atoms with Crippen LogP contribution in [0.4, 0.5) is 5.82 Å². The minimum absolute atomic E-state index is 0.279. The van der Waals surface area contributed by atoms with Crippen molar-refractivity contribution < 1.29 is 4.79 Å². The average Bonchev–Trinajstić information content (AvgIpc) is 3.18. The van der Waals surface area contributed by atoms with Crippen LogP contribution in [0.25, 0.3) is 21.3 Å². The highest BCUT2D eigenvalue weighted by atomic mass is 35.5. The fraction of sp³-hybridized carbons (Fsp3) is 0.136. The number of benzene rings is 2. The fourth-order valence-corrected chi connectivity index (χ4v) is 3.67. The minimum atomic E-state index is -0.279. The van der Waals surface area contributed by atoms with E-state index in [0.29, 0.717) is 16.4 Å². The van der Waals surface area contributed by atoms with Crippen LogP contribution in [0.5, 0.6) is 0 Å². The summed E-state index contributed by atoms with van der Waals surface area (Å²) in [5.41, 5.74) is 6.13. The van der Waals surface area contributed by atoms with Gasteiger partial charge in [0.15, 0.2) is 0 Å². The van der Waals surface area contributed by atoms with Crippen LogP contribution in [0.3, 0.4) is 0 Å². The van der Waals surface area contributed by atoms with Crippen LogP contribution in [-0.2, 0) is 0 Å². The van der Waals surface area contributed by atoms with Gasteiger partial charge in [-0.2, -0.15) is 0 Å². The van der Waals surface area contributed by atoms with Gasteiger partial charge in [0.25, 0.3) is 5.91 Å². The number of aromatic nitrogens is 2. The number of nitrogens with zero attached hydrogens (tertiary/aromatic N) is 2.